The SMILES string of the molecule is O=S(=O)(NCC(O)c1ccc2c(c1)OCCO2)c1ccc2c(c1)CCCC2. The lowest BCUT2D eigenvalue weighted by Crippen LogP contribution is -2.29. The Morgan fingerprint density at radius 1 is 0.963 bits per heavy atom. The molecule has 7 heteroatoms. The first kappa shape index (κ1) is 18.3. The van der Waals surface area contributed by atoms with Crippen LogP contribution in [0.25, 0.3) is 0 Å². The molecule has 0 saturated heterocycles. The van der Waals surface area contributed by atoms with Gasteiger partial charge in [-0.15, -0.1) is 0 Å². The predicted molar refractivity (Wildman–Crippen MR) is 101 cm³/mol. The minimum absolute atomic E-state index is 0.112. The molecule has 1 aliphatic heterocycles. The fourth-order valence-electron chi connectivity index (χ4n) is 3.53. The molecule has 0 radical (unpaired) electrons. The third-order valence-corrected chi connectivity index (χ3v) is 6.47. The summed E-state index contributed by atoms with van der Waals surface area (Å²) >= 11 is 0. The smallest absolute Gasteiger partial charge is 0.240 e. The third kappa shape index (κ3) is 3.95. The number of sulfonamides is 1. The average molecular weight is 389 g/mol. The minimum Gasteiger partial charge on any atom is -0.486 e. The molecular weight excluding hydrogens is 366 g/mol. The lowest BCUT2D eigenvalue weighted by atomic mass is 9.92. The fraction of sp³-hybridized carbons (Fsp3) is 0.400. The number of ether oxygens (including phenoxy) is 2. The molecule has 144 valence electrons. The van der Waals surface area contributed by atoms with Crippen LogP contribution < -0.4 is 14.2 Å². The Hall–Kier alpha value is -2.09. The van der Waals surface area contributed by atoms with Crippen molar-refractivity contribution in [2.75, 3.05) is 19.8 Å². The van der Waals surface area contributed by atoms with Crippen molar-refractivity contribution in [2.45, 2.75) is 36.7 Å². The molecule has 27 heavy (non-hydrogen) atoms. The maximum Gasteiger partial charge on any atom is 0.240 e. The van der Waals surface area contributed by atoms with E-state index in [-0.39, 0.29) is 11.4 Å². The van der Waals surface area contributed by atoms with Crippen molar-refractivity contribution in [3.8, 4) is 11.5 Å². The lowest BCUT2D eigenvalue weighted by Gasteiger charge is -2.20. The predicted octanol–water partition coefficient (Wildman–Crippen LogP) is 2.35. The van der Waals surface area contributed by atoms with Gasteiger partial charge < -0.3 is 14.6 Å². The van der Waals surface area contributed by atoms with Gasteiger partial charge in [0.2, 0.25) is 10.0 Å². The summed E-state index contributed by atoms with van der Waals surface area (Å²) < 4.78 is 38.7. The molecule has 2 aliphatic rings. The van der Waals surface area contributed by atoms with Crippen LogP contribution in [0.5, 0.6) is 11.5 Å². The molecule has 0 fully saturated rings. The number of benzene rings is 2. The summed E-state index contributed by atoms with van der Waals surface area (Å²) in [4.78, 5) is 0.248. The molecule has 0 saturated carbocycles. The van der Waals surface area contributed by atoms with Crippen LogP contribution in [-0.2, 0) is 22.9 Å². The number of rotatable bonds is 5. The Morgan fingerprint density at radius 3 is 2.52 bits per heavy atom. The highest BCUT2D eigenvalue weighted by Gasteiger charge is 2.20. The Morgan fingerprint density at radius 2 is 1.70 bits per heavy atom. The number of aliphatic hydroxyl groups excluding tert-OH is 1. The monoisotopic (exact) mass is 389 g/mol. The third-order valence-electron chi connectivity index (χ3n) is 5.05. The Balaban J connectivity index is 1.45. The van der Waals surface area contributed by atoms with Gasteiger partial charge in [0.25, 0.3) is 0 Å². The summed E-state index contributed by atoms with van der Waals surface area (Å²) in [5, 5.41) is 10.4. The highest BCUT2D eigenvalue weighted by molar-refractivity contribution is 7.89. The van der Waals surface area contributed by atoms with Crippen molar-refractivity contribution in [1.82, 2.24) is 4.72 Å². The Bertz CT molecular complexity index is 941. The van der Waals surface area contributed by atoms with Crippen LogP contribution in [0.4, 0.5) is 0 Å². The summed E-state index contributed by atoms with van der Waals surface area (Å²) in [7, 11) is -3.68. The number of aryl methyl sites for hydroxylation is 2. The van der Waals surface area contributed by atoms with E-state index in [4.69, 9.17) is 9.47 Å². The highest BCUT2D eigenvalue weighted by atomic mass is 32.2. The quantitative estimate of drug-likeness (QED) is 0.820. The van der Waals surface area contributed by atoms with Crippen LogP contribution in [0, 0.1) is 0 Å². The van der Waals surface area contributed by atoms with Crippen molar-refractivity contribution in [1.29, 1.82) is 0 Å². The first-order chi connectivity index (χ1) is 13.0. The zero-order valence-corrected chi connectivity index (χ0v) is 15.8. The van der Waals surface area contributed by atoms with Gasteiger partial charge in [-0.25, -0.2) is 13.1 Å². The maximum absolute atomic E-state index is 12.6. The average Bonchev–Trinajstić information content (AvgIpc) is 2.71. The van der Waals surface area contributed by atoms with E-state index >= 15 is 0 Å². The van der Waals surface area contributed by atoms with Crippen LogP contribution >= 0.6 is 0 Å². The highest BCUT2D eigenvalue weighted by Crippen LogP contribution is 2.32. The standard InChI is InChI=1S/C20H23NO5S/c22-18(16-6-8-19-20(12-16)26-10-9-25-19)13-21-27(23,24)17-7-5-14-3-1-2-4-15(14)11-17/h5-8,11-12,18,21-22H,1-4,9-10,13H2. The molecule has 0 bridgehead atoms. The summed E-state index contributed by atoms with van der Waals surface area (Å²) in [6, 6.07) is 10.4. The van der Waals surface area contributed by atoms with E-state index in [0.29, 0.717) is 30.3 Å². The van der Waals surface area contributed by atoms with Gasteiger partial charge in [0.1, 0.15) is 13.2 Å². The summed E-state index contributed by atoms with van der Waals surface area (Å²) in [5.74, 6) is 1.20. The molecule has 0 aromatic heterocycles. The first-order valence-electron chi connectivity index (χ1n) is 9.22. The molecule has 2 aromatic carbocycles. The second-order valence-corrected chi connectivity index (χ2v) is 8.68. The second-order valence-electron chi connectivity index (χ2n) is 6.91. The number of aliphatic hydroxyl groups is 1. The van der Waals surface area contributed by atoms with Gasteiger partial charge in [0, 0.05) is 6.54 Å². The molecule has 1 atom stereocenters. The van der Waals surface area contributed by atoms with Crippen molar-refractivity contribution < 1.29 is 23.0 Å². The molecule has 0 spiro atoms. The van der Waals surface area contributed by atoms with Crippen molar-refractivity contribution in [3.63, 3.8) is 0 Å². The largest absolute Gasteiger partial charge is 0.486 e. The van der Waals surface area contributed by atoms with Crippen molar-refractivity contribution >= 4 is 10.0 Å². The van der Waals surface area contributed by atoms with Gasteiger partial charge in [0.15, 0.2) is 11.5 Å². The molecule has 2 N–H and O–H groups in total. The molecule has 1 aliphatic carbocycles. The number of hydrogen-bond acceptors (Lipinski definition) is 5. The summed E-state index contributed by atoms with van der Waals surface area (Å²) in [6.45, 7) is 0.839. The van der Waals surface area contributed by atoms with Crippen LogP contribution in [0.3, 0.4) is 0 Å². The van der Waals surface area contributed by atoms with E-state index in [1.807, 2.05) is 6.07 Å². The normalized spacial score (nSPS) is 17.2. The van der Waals surface area contributed by atoms with Gasteiger partial charge >= 0.3 is 0 Å². The van der Waals surface area contributed by atoms with Gasteiger partial charge in [-0.1, -0.05) is 12.1 Å². The Labute approximate surface area is 159 Å². The topological polar surface area (TPSA) is 84.9 Å². The van der Waals surface area contributed by atoms with Crippen LogP contribution in [0.15, 0.2) is 41.3 Å². The first-order valence-corrected chi connectivity index (χ1v) is 10.7. The van der Waals surface area contributed by atoms with Crippen LogP contribution in [0.2, 0.25) is 0 Å². The molecular formula is C20H23NO5S. The molecule has 1 heterocycles. The lowest BCUT2D eigenvalue weighted by molar-refractivity contribution is 0.165. The van der Waals surface area contributed by atoms with Gasteiger partial charge in [-0.05, 0) is 66.6 Å². The minimum atomic E-state index is -3.68. The van der Waals surface area contributed by atoms with Gasteiger partial charge in [0.05, 0.1) is 11.0 Å². The van der Waals surface area contributed by atoms with Crippen LogP contribution in [0.1, 0.15) is 35.6 Å². The van der Waals surface area contributed by atoms with E-state index in [1.54, 1.807) is 30.3 Å². The molecule has 4 rings (SSSR count). The Kier molecular flexibility index (Phi) is 5.08. The molecule has 0 amide bonds. The van der Waals surface area contributed by atoms with Crippen molar-refractivity contribution in [2.24, 2.45) is 0 Å². The number of fused-ring (bicyclic) bond motifs is 2. The van der Waals surface area contributed by atoms with Gasteiger partial charge in [-0.3, -0.25) is 0 Å². The molecule has 6 nitrogen and oxygen atoms in total. The van der Waals surface area contributed by atoms with E-state index in [2.05, 4.69) is 4.72 Å². The van der Waals surface area contributed by atoms with Gasteiger partial charge in [-0.2, -0.15) is 0 Å². The zero-order valence-electron chi connectivity index (χ0n) is 15.0. The second kappa shape index (κ2) is 7.50. The number of hydrogen-bond donors (Lipinski definition) is 2. The molecule has 1 unspecified atom stereocenters. The fourth-order valence-corrected chi connectivity index (χ4v) is 4.62. The van der Waals surface area contributed by atoms with Crippen molar-refractivity contribution in [3.05, 3.63) is 53.1 Å². The van der Waals surface area contributed by atoms with E-state index < -0.39 is 16.1 Å². The number of nitrogens with one attached hydrogen (secondary N) is 1. The van der Waals surface area contributed by atoms with E-state index in [9.17, 15) is 13.5 Å². The van der Waals surface area contributed by atoms with E-state index in [1.165, 1.54) is 5.56 Å². The summed E-state index contributed by atoms with van der Waals surface area (Å²) in [6.07, 6.45) is 3.18. The van der Waals surface area contributed by atoms with E-state index in [0.717, 1.165) is 31.2 Å². The molecule has 2 aromatic rings. The van der Waals surface area contributed by atoms with Crippen LogP contribution in [-0.4, -0.2) is 33.3 Å². The summed E-state index contributed by atoms with van der Waals surface area (Å²) in [5.41, 5.74) is 2.92. The maximum atomic E-state index is 12.6. The zero-order chi connectivity index (χ0) is 18.9.